The van der Waals surface area contributed by atoms with Crippen molar-refractivity contribution in [1.29, 1.82) is 0 Å². The molecule has 1 aromatic heterocycles. The Labute approximate surface area is 121 Å². The molecular weight excluding hydrogens is 274 g/mol. The fourth-order valence-corrected chi connectivity index (χ4v) is 2.89. The van der Waals surface area contributed by atoms with Crippen LogP contribution in [0.3, 0.4) is 0 Å². The van der Waals surface area contributed by atoms with Crippen molar-refractivity contribution in [3.63, 3.8) is 0 Å². The summed E-state index contributed by atoms with van der Waals surface area (Å²) in [5, 5.41) is 0.484. The van der Waals surface area contributed by atoms with Crippen LogP contribution in [0.25, 0.3) is 0 Å². The van der Waals surface area contributed by atoms with Gasteiger partial charge >= 0.3 is 0 Å². The summed E-state index contributed by atoms with van der Waals surface area (Å²) >= 11 is 1.36. The van der Waals surface area contributed by atoms with Crippen molar-refractivity contribution in [2.45, 2.75) is 23.0 Å². The van der Waals surface area contributed by atoms with E-state index in [2.05, 4.69) is 9.97 Å². The highest BCUT2D eigenvalue weighted by Crippen LogP contribution is 2.36. The standard InChI is InChI=1S/C13H17N5OS/c1-7(14)12-8(19-2)4-3-5-9(12)20-13-17-10(15)6-11(16)18-13/h3-7H,14H2,1-2H3,(H4,15,16,17,18)/t7-/m1/s1. The Morgan fingerprint density at radius 3 is 2.40 bits per heavy atom. The highest BCUT2D eigenvalue weighted by Gasteiger charge is 2.15. The molecule has 1 aromatic carbocycles. The van der Waals surface area contributed by atoms with E-state index in [1.54, 1.807) is 7.11 Å². The summed E-state index contributed by atoms with van der Waals surface area (Å²) in [6.07, 6.45) is 0. The van der Waals surface area contributed by atoms with E-state index in [9.17, 15) is 0 Å². The van der Waals surface area contributed by atoms with Crippen LogP contribution in [0.15, 0.2) is 34.3 Å². The van der Waals surface area contributed by atoms with E-state index in [1.807, 2.05) is 25.1 Å². The third kappa shape index (κ3) is 3.12. The molecule has 6 nitrogen and oxygen atoms in total. The van der Waals surface area contributed by atoms with Crippen LogP contribution in [0.1, 0.15) is 18.5 Å². The van der Waals surface area contributed by atoms with Crippen molar-refractivity contribution in [3.05, 3.63) is 29.8 Å². The first-order valence-corrected chi connectivity index (χ1v) is 6.83. The number of nitrogen functional groups attached to an aromatic ring is 2. The zero-order valence-electron chi connectivity index (χ0n) is 11.3. The number of anilines is 2. The van der Waals surface area contributed by atoms with Crippen LogP contribution in [-0.2, 0) is 0 Å². The highest BCUT2D eigenvalue weighted by molar-refractivity contribution is 7.99. The van der Waals surface area contributed by atoms with Gasteiger partial charge in [0.2, 0.25) is 0 Å². The van der Waals surface area contributed by atoms with E-state index in [-0.39, 0.29) is 6.04 Å². The number of nitrogens with zero attached hydrogens (tertiary/aromatic N) is 2. The van der Waals surface area contributed by atoms with Gasteiger partial charge in [-0.05, 0) is 30.8 Å². The number of benzene rings is 1. The van der Waals surface area contributed by atoms with Crippen LogP contribution in [0.2, 0.25) is 0 Å². The van der Waals surface area contributed by atoms with E-state index in [1.165, 1.54) is 17.8 Å². The molecule has 0 aliphatic heterocycles. The predicted molar refractivity (Wildman–Crippen MR) is 80.6 cm³/mol. The lowest BCUT2D eigenvalue weighted by molar-refractivity contribution is 0.405. The van der Waals surface area contributed by atoms with E-state index in [4.69, 9.17) is 21.9 Å². The van der Waals surface area contributed by atoms with Gasteiger partial charge in [0.15, 0.2) is 5.16 Å². The second-order valence-corrected chi connectivity index (χ2v) is 5.27. The summed E-state index contributed by atoms with van der Waals surface area (Å²) in [5.74, 6) is 1.41. The summed E-state index contributed by atoms with van der Waals surface area (Å²) < 4.78 is 5.35. The molecule has 0 unspecified atom stereocenters. The summed E-state index contributed by atoms with van der Waals surface area (Å²) in [7, 11) is 1.62. The van der Waals surface area contributed by atoms with Gasteiger partial charge in [0.1, 0.15) is 17.4 Å². The maximum Gasteiger partial charge on any atom is 0.196 e. The first-order valence-electron chi connectivity index (χ1n) is 6.01. The molecule has 0 amide bonds. The molecule has 0 spiro atoms. The maximum absolute atomic E-state index is 6.02. The Morgan fingerprint density at radius 1 is 1.20 bits per heavy atom. The Hall–Kier alpha value is -1.99. The van der Waals surface area contributed by atoms with Crippen molar-refractivity contribution in [2.75, 3.05) is 18.6 Å². The molecule has 1 heterocycles. The summed E-state index contributed by atoms with van der Waals surface area (Å²) in [5.41, 5.74) is 18.3. The second kappa shape index (κ2) is 5.98. The van der Waals surface area contributed by atoms with Gasteiger partial charge in [0.05, 0.1) is 7.11 Å². The van der Waals surface area contributed by atoms with Gasteiger partial charge in [0, 0.05) is 22.6 Å². The number of ether oxygens (including phenoxy) is 1. The van der Waals surface area contributed by atoms with Crippen molar-refractivity contribution in [1.82, 2.24) is 9.97 Å². The number of methoxy groups -OCH3 is 1. The van der Waals surface area contributed by atoms with Gasteiger partial charge in [-0.2, -0.15) is 0 Å². The van der Waals surface area contributed by atoms with Gasteiger partial charge in [-0.3, -0.25) is 0 Å². The van der Waals surface area contributed by atoms with E-state index in [0.29, 0.717) is 16.8 Å². The summed E-state index contributed by atoms with van der Waals surface area (Å²) in [4.78, 5) is 9.23. The molecule has 0 saturated carbocycles. The minimum Gasteiger partial charge on any atom is -0.496 e. The fourth-order valence-electron chi connectivity index (χ4n) is 1.85. The van der Waals surface area contributed by atoms with Crippen LogP contribution in [0, 0.1) is 0 Å². The van der Waals surface area contributed by atoms with Crippen LogP contribution < -0.4 is 21.9 Å². The molecule has 2 aromatic rings. The minimum atomic E-state index is -0.174. The molecule has 7 heteroatoms. The van der Waals surface area contributed by atoms with E-state index < -0.39 is 0 Å². The number of aromatic nitrogens is 2. The largest absolute Gasteiger partial charge is 0.496 e. The minimum absolute atomic E-state index is 0.174. The van der Waals surface area contributed by atoms with Crippen LogP contribution in [0.4, 0.5) is 11.6 Å². The normalized spacial score (nSPS) is 12.2. The molecule has 1 atom stereocenters. The highest BCUT2D eigenvalue weighted by atomic mass is 32.2. The molecule has 106 valence electrons. The predicted octanol–water partition coefficient (Wildman–Crippen LogP) is 1.82. The topological polar surface area (TPSA) is 113 Å². The van der Waals surface area contributed by atoms with Gasteiger partial charge in [-0.15, -0.1) is 0 Å². The Balaban J connectivity index is 2.42. The lowest BCUT2D eigenvalue weighted by Gasteiger charge is -2.15. The number of nitrogens with two attached hydrogens (primary N) is 3. The van der Waals surface area contributed by atoms with Crippen LogP contribution in [0.5, 0.6) is 5.75 Å². The quantitative estimate of drug-likeness (QED) is 0.736. The Bertz CT molecular complexity index is 597. The van der Waals surface area contributed by atoms with Crippen LogP contribution in [-0.4, -0.2) is 17.1 Å². The SMILES string of the molecule is COc1cccc(Sc2nc(N)cc(N)n2)c1[C@@H](C)N. The molecular formula is C13H17N5OS. The zero-order valence-corrected chi connectivity index (χ0v) is 12.1. The maximum atomic E-state index is 6.02. The van der Waals surface area contributed by atoms with Crippen molar-refractivity contribution in [2.24, 2.45) is 5.73 Å². The molecule has 0 radical (unpaired) electrons. The number of hydrogen-bond donors (Lipinski definition) is 3. The third-order valence-corrected chi connectivity index (χ3v) is 3.59. The van der Waals surface area contributed by atoms with Gasteiger partial charge < -0.3 is 21.9 Å². The molecule has 0 fully saturated rings. The number of rotatable bonds is 4. The monoisotopic (exact) mass is 291 g/mol. The molecule has 0 aliphatic rings. The fraction of sp³-hybridized carbons (Fsp3) is 0.231. The van der Waals surface area contributed by atoms with Crippen molar-refractivity contribution in [3.8, 4) is 5.75 Å². The zero-order chi connectivity index (χ0) is 14.7. The summed E-state index contributed by atoms with van der Waals surface area (Å²) in [6.45, 7) is 1.90. The smallest absolute Gasteiger partial charge is 0.196 e. The molecule has 6 N–H and O–H groups in total. The first-order chi connectivity index (χ1) is 9.51. The molecule has 0 saturated heterocycles. The Morgan fingerprint density at radius 2 is 1.85 bits per heavy atom. The second-order valence-electron chi connectivity index (χ2n) is 4.26. The molecule has 20 heavy (non-hydrogen) atoms. The van der Waals surface area contributed by atoms with Gasteiger partial charge in [-0.1, -0.05) is 6.07 Å². The molecule has 0 bridgehead atoms. The Kier molecular flexibility index (Phi) is 4.31. The van der Waals surface area contributed by atoms with Gasteiger partial charge in [0.25, 0.3) is 0 Å². The van der Waals surface area contributed by atoms with Crippen molar-refractivity contribution >= 4 is 23.4 Å². The first kappa shape index (κ1) is 14.4. The van der Waals surface area contributed by atoms with Gasteiger partial charge in [-0.25, -0.2) is 9.97 Å². The van der Waals surface area contributed by atoms with Crippen molar-refractivity contribution < 1.29 is 4.74 Å². The average Bonchev–Trinajstić information content (AvgIpc) is 2.36. The van der Waals surface area contributed by atoms with Crippen LogP contribution >= 0.6 is 11.8 Å². The number of hydrogen-bond acceptors (Lipinski definition) is 7. The van der Waals surface area contributed by atoms with E-state index >= 15 is 0 Å². The molecule has 0 aliphatic carbocycles. The third-order valence-electron chi connectivity index (χ3n) is 2.65. The lowest BCUT2D eigenvalue weighted by Crippen LogP contribution is -2.08. The average molecular weight is 291 g/mol. The molecule has 2 rings (SSSR count). The lowest BCUT2D eigenvalue weighted by atomic mass is 10.1. The summed E-state index contributed by atoms with van der Waals surface area (Å²) in [6, 6.07) is 7.04. The van der Waals surface area contributed by atoms with E-state index in [0.717, 1.165) is 16.2 Å².